The summed E-state index contributed by atoms with van der Waals surface area (Å²) in [5.41, 5.74) is 1.62. The average Bonchev–Trinajstić information content (AvgIpc) is 3.01. The van der Waals surface area contributed by atoms with Gasteiger partial charge in [-0.2, -0.15) is 0 Å². The number of hydrogen-bond acceptors (Lipinski definition) is 5. The number of rotatable bonds is 5. The molecule has 1 aromatic heterocycles. The molecule has 0 bridgehead atoms. The fourth-order valence-electron chi connectivity index (χ4n) is 2.02. The summed E-state index contributed by atoms with van der Waals surface area (Å²) in [6.45, 7) is 3.80. The number of sulfonamides is 1. The Bertz CT molecular complexity index is 767. The molecule has 7 heteroatoms. The summed E-state index contributed by atoms with van der Waals surface area (Å²) in [6, 6.07) is 8.09. The molecule has 0 unspecified atom stereocenters. The van der Waals surface area contributed by atoms with Crippen LogP contribution in [0.2, 0.25) is 0 Å². The molecule has 5 nitrogen and oxygen atoms in total. The van der Waals surface area contributed by atoms with Gasteiger partial charge in [-0.3, -0.25) is 4.31 Å². The van der Waals surface area contributed by atoms with Gasteiger partial charge in [0.2, 0.25) is 0 Å². The second kappa shape index (κ2) is 6.50. The maximum absolute atomic E-state index is 12.5. The lowest BCUT2D eigenvalue weighted by molar-refractivity contribution is 0.0526. The van der Waals surface area contributed by atoms with Crippen LogP contribution in [-0.2, 0) is 14.8 Å². The maximum Gasteiger partial charge on any atom is 0.338 e. The lowest BCUT2D eigenvalue weighted by Crippen LogP contribution is -2.26. The molecule has 0 aliphatic heterocycles. The molecule has 0 N–H and O–H groups in total. The third kappa shape index (κ3) is 3.15. The van der Waals surface area contributed by atoms with Crippen LogP contribution in [0, 0.1) is 6.92 Å². The normalized spacial score (nSPS) is 11.2. The van der Waals surface area contributed by atoms with Gasteiger partial charge in [0.25, 0.3) is 10.0 Å². The minimum absolute atomic E-state index is 0.281. The minimum atomic E-state index is -3.58. The molecule has 0 atom stereocenters. The third-order valence-corrected chi connectivity index (χ3v) is 6.30. The molecule has 0 aliphatic rings. The highest BCUT2D eigenvalue weighted by molar-refractivity contribution is 7.94. The minimum Gasteiger partial charge on any atom is -0.462 e. The summed E-state index contributed by atoms with van der Waals surface area (Å²) in [6.07, 6.45) is 0. The Morgan fingerprint density at radius 2 is 2.05 bits per heavy atom. The zero-order valence-corrected chi connectivity index (χ0v) is 14.2. The summed E-state index contributed by atoms with van der Waals surface area (Å²) in [4.78, 5) is 11.7. The Kier molecular flexibility index (Phi) is 4.87. The quantitative estimate of drug-likeness (QED) is 0.786. The Morgan fingerprint density at radius 1 is 1.32 bits per heavy atom. The number of carbonyl (C=O) groups is 1. The van der Waals surface area contributed by atoms with E-state index < -0.39 is 16.0 Å². The number of carbonyl (C=O) groups excluding carboxylic acids is 1. The summed E-state index contributed by atoms with van der Waals surface area (Å²) in [5.74, 6) is -0.416. The van der Waals surface area contributed by atoms with E-state index in [-0.39, 0.29) is 4.21 Å². The number of anilines is 1. The van der Waals surface area contributed by atoms with Crippen molar-refractivity contribution in [1.82, 2.24) is 0 Å². The van der Waals surface area contributed by atoms with E-state index >= 15 is 0 Å². The van der Waals surface area contributed by atoms with Gasteiger partial charge < -0.3 is 4.74 Å². The number of aryl methyl sites for hydroxylation is 1. The van der Waals surface area contributed by atoms with Gasteiger partial charge in [-0.25, -0.2) is 13.2 Å². The summed E-state index contributed by atoms with van der Waals surface area (Å²) < 4.78 is 31.5. The van der Waals surface area contributed by atoms with Gasteiger partial charge in [0.05, 0.1) is 17.9 Å². The van der Waals surface area contributed by atoms with Crippen molar-refractivity contribution in [2.75, 3.05) is 18.0 Å². The van der Waals surface area contributed by atoms with E-state index in [1.54, 1.807) is 49.6 Å². The van der Waals surface area contributed by atoms with E-state index in [4.69, 9.17) is 4.74 Å². The van der Waals surface area contributed by atoms with E-state index in [1.807, 2.05) is 0 Å². The van der Waals surface area contributed by atoms with E-state index in [0.717, 1.165) is 0 Å². The number of thiophene rings is 1. The van der Waals surface area contributed by atoms with Crippen LogP contribution in [0.15, 0.2) is 39.9 Å². The Labute approximate surface area is 134 Å². The topological polar surface area (TPSA) is 63.7 Å². The number of ether oxygens (including phenoxy) is 1. The first kappa shape index (κ1) is 16.5. The molecule has 0 saturated heterocycles. The predicted molar refractivity (Wildman–Crippen MR) is 87.0 cm³/mol. The number of nitrogens with zero attached hydrogens (tertiary/aromatic N) is 1. The first-order valence-electron chi connectivity index (χ1n) is 6.68. The zero-order chi connectivity index (χ0) is 16.3. The van der Waals surface area contributed by atoms with Crippen molar-refractivity contribution in [3.8, 4) is 0 Å². The number of hydrogen-bond donors (Lipinski definition) is 0. The van der Waals surface area contributed by atoms with Gasteiger partial charge in [-0.15, -0.1) is 11.3 Å². The molecular formula is C15H17NO4S2. The van der Waals surface area contributed by atoms with Gasteiger partial charge in [0.1, 0.15) is 4.21 Å². The number of esters is 1. The fraction of sp³-hybridized carbons (Fsp3) is 0.267. The highest BCUT2D eigenvalue weighted by Crippen LogP contribution is 2.28. The van der Waals surface area contributed by atoms with Gasteiger partial charge in [0.15, 0.2) is 0 Å². The van der Waals surface area contributed by atoms with Crippen LogP contribution in [0.25, 0.3) is 0 Å². The molecule has 0 fully saturated rings. The first-order valence-corrected chi connectivity index (χ1v) is 9.00. The van der Waals surface area contributed by atoms with Crippen LogP contribution in [0.1, 0.15) is 22.8 Å². The van der Waals surface area contributed by atoms with Crippen LogP contribution in [0.5, 0.6) is 0 Å². The molecule has 22 heavy (non-hydrogen) atoms. The monoisotopic (exact) mass is 339 g/mol. The average molecular weight is 339 g/mol. The van der Waals surface area contributed by atoms with E-state index in [0.29, 0.717) is 23.4 Å². The highest BCUT2D eigenvalue weighted by Gasteiger charge is 2.23. The Morgan fingerprint density at radius 3 is 2.59 bits per heavy atom. The zero-order valence-electron chi connectivity index (χ0n) is 12.6. The molecule has 0 amide bonds. The van der Waals surface area contributed by atoms with E-state index in [1.165, 1.54) is 22.7 Å². The highest BCUT2D eigenvalue weighted by atomic mass is 32.2. The Hall–Kier alpha value is -1.86. The van der Waals surface area contributed by atoms with Crippen molar-refractivity contribution in [1.29, 1.82) is 0 Å². The molecular weight excluding hydrogens is 322 g/mol. The molecule has 1 heterocycles. The van der Waals surface area contributed by atoms with Crippen molar-refractivity contribution in [2.24, 2.45) is 0 Å². The molecule has 0 radical (unpaired) electrons. The van der Waals surface area contributed by atoms with Crippen LogP contribution >= 0.6 is 11.3 Å². The summed E-state index contributed by atoms with van der Waals surface area (Å²) in [5, 5.41) is 1.72. The van der Waals surface area contributed by atoms with E-state index in [9.17, 15) is 13.2 Å². The largest absolute Gasteiger partial charge is 0.462 e. The van der Waals surface area contributed by atoms with Gasteiger partial charge in [0, 0.05) is 7.05 Å². The number of benzene rings is 1. The molecule has 1 aromatic carbocycles. The molecule has 0 saturated carbocycles. The summed E-state index contributed by atoms with van der Waals surface area (Å²) in [7, 11) is -2.08. The molecule has 2 aromatic rings. The molecule has 118 valence electrons. The smallest absolute Gasteiger partial charge is 0.338 e. The predicted octanol–water partition coefficient (Wildman–Crippen LogP) is 3.06. The standard InChI is InChI=1S/C15H17NO4S2/c1-4-20-15(17)12-7-8-13(11(2)10-12)16(3)22(18,19)14-6-5-9-21-14/h5-10H,4H2,1-3H3. The Balaban J connectivity index is 2.35. The van der Waals surface area contributed by atoms with Crippen LogP contribution in [0.4, 0.5) is 5.69 Å². The summed E-state index contributed by atoms with van der Waals surface area (Å²) >= 11 is 1.17. The van der Waals surface area contributed by atoms with Crippen LogP contribution in [0.3, 0.4) is 0 Å². The van der Waals surface area contributed by atoms with Crippen molar-refractivity contribution in [2.45, 2.75) is 18.1 Å². The van der Waals surface area contributed by atoms with Crippen molar-refractivity contribution in [3.05, 3.63) is 46.8 Å². The molecule has 2 rings (SSSR count). The van der Waals surface area contributed by atoms with Gasteiger partial charge >= 0.3 is 5.97 Å². The second-order valence-corrected chi connectivity index (χ2v) is 7.77. The fourth-order valence-corrected chi connectivity index (χ4v) is 4.45. The maximum atomic E-state index is 12.5. The van der Waals surface area contributed by atoms with Crippen molar-refractivity contribution < 1.29 is 17.9 Å². The first-order chi connectivity index (χ1) is 10.4. The third-order valence-electron chi connectivity index (χ3n) is 3.16. The van der Waals surface area contributed by atoms with Crippen molar-refractivity contribution in [3.63, 3.8) is 0 Å². The molecule has 0 aliphatic carbocycles. The second-order valence-electron chi connectivity index (χ2n) is 4.63. The lowest BCUT2D eigenvalue weighted by atomic mass is 10.1. The van der Waals surface area contributed by atoms with Crippen LogP contribution < -0.4 is 4.31 Å². The van der Waals surface area contributed by atoms with Gasteiger partial charge in [-0.05, 0) is 49.1 Å². The van der Waals surface area contributed by atoms with Gasteiger partial charge in [-0.1, -0.05) is 6.07 Å². The van der Waals surface area contributed by atoms with Crippen LogP contribution in [-0.4, -0.2) is 28.0 Å². The van der Waals surface area contributed by atoms with Crippen molar-refractivity contribution >= 4 is 33.0 Å². The van der Waals surface area contributed by atoms with E-state index in [2.05, 4.69) is 0 Å². The molecule has 0 spiro atoms. The lowest BCUT2D eigenvalue weighted by Gasteiger charge is -2.21. The SMILES string of the molecule is CCOC(=O)c1ccc(N(C)S(=O)(=O)c2cccs2)c(C)c1.